The molecular weight excluding hydrogens is 452 g/mol. The summed E-state index contributed by atoms with van der Waals surface area (Å²) in [5.74, 6) is 1.20. The standard InChI is InChI=1S/C29H18N4O3/c30-15-16-35-26-14-13-19-7-1-3-9-21(19)23(26)18-31-33-28(27-17-20-8-2-6-12-25(20)36-27)32-24-11-5-4-10-22(24)29(33)34/h1-14,17-18H,16H2. The van der Waals surface area contributed by atoms with Crippen LogP contribution >= 0.6 is 0 Å². The summed E-state index contributed by atoms with van der Waals surface area (Å²) in [5, 5.41) is 16.8. The Morgan fingerprint density at radius 2 is 1.69 bits per heavy atom. The second-order valence-electron chi connectivity index (χ2n) is 8.11. The van der Waals surface area contributed by atoms with E-state index in [1.165, 1.54) is 4.68 Å². The smallest absolute Gasteiger partial charge is 0.282 e. The molecule has 0 amide bonds. The van der Waals surface area contributed by atoms with Gasteiger partial charge in [-0.25, -0.2) is 4.98 Å². The van der Waals surface area contributed by atoms with Crippen molar-refractivity contribution in [3.63, 3.8) is 0 Å². The highest BCUT2D eigenvalue weighted by Crippen LogP contribution is 2.29. The third-order valence-electron chi connectivity index (χ3n) is 5.92. The minimum absolute atomic E-state index is 0.110. The molecule has 0 bridgehead atoms. The first-order valence-electron chi connectivity index (χ1n) is 11.3. The molecule has 2 heterocycles. The van der Waals surface area contributed by atoms with Crippen molar-refractivity contribution in [2.75, 3.05) is 6.61 Å². The lowest BCUT2D eigenvalue weighted by molar-refractivity contribution is 0.368. The van der Waals surface area contributed by atoms with Gasteiger partial charge in [0.2, 0.25) is 5.82 Å². The van der Waals surface area contributed by atoms with Gasteiger partial charge in [-0.05, 0) is 41.1 Å². The summed E-state index contributed by atoms with van der Waals surface area (Å²) in [6.45, 7) is -0.110. The van der Waals surface area contributed by atoms with Crippen molar-refractivity contribution in [3.05, 3.63) is 107 Å². The fourth-order valence-corrected chi connectivity index (χ4v) is 4.24. The topological polar surface area (TPSA) is 93.4 Å². The molecule has 6 rings (SSSR count). The highest BCUT2D eigenvalue weighted by molar-refractivity contribution is 6.02. The number of ether oxygens (including phenoxy) is 1. The van der Waals surface area contributed by atoms with Crippen LogP contribution in [-0.2, 0) is 0 Å². The van der Waals surface area contributed by atoms with E-state index in [2.05, 4.69) is 5.10 Å². The average molecular weight is 470 g/mol. The Morgan fingerprint density at radius 1 is 0.944 bits per heavy atom. The van der Waals surface area contributed by atoms with E-state index in [9.17, 15) is 4.79 Å². The zero-order valence-electron chi connectivity index (χ0n) is 19.0. The van der Waals surface area contributed by atoms with Gasteiger partial charge in [0.15, 0.2) is 12.4 Å². The lowest BCUT2D eigenvalue weighted by Crippen LogP contribution is -2.20. The van der Waals surface area contributed by atoms with Crippen LogP contribution in [0, 0.1) is 11.3 Å². The summed E-state index contributed by atoms with van der Waals surface area (Å²) in [5.41, 5.74) is 1.56. The number of fused-ring (bicyclic) bond motifs is 3. The van der Waals surface area contributed by atoms with Crippen molar-refractivity contribution in [2.45, 2.75) is 0 Å². The zero-order chi connectivity index (χ0) is 24.5. The SMILES string of the molecule is N#CCOc1ccc2ccccc2c1C=Nn1c(-c2cc3ccccc3o2)nc2ccccc2c1=O. The number of aromatic nitrogens is 2. The van der Waals surface area contributed by atoms with E-state index >= 15 is 0 Å². The maximum absolute atomic E-state index is 13.6. The fourth-order valence-electron chi connectivity index (χ4n) is 4.24. The molecule has 6 aromatic rings. The van der Waals surface area contributed by atoms with Crippen LogP contribution in [0.15, 0.2) is 105 Å². The summed E-state index contributed by atoms with van der Waals surface area (Å²) in [6, 6.07) is 30.1. The molecule has 0 saturated heterocycles. The Bertz CT molecular complexity index is 1860. The summed E-state index contributed by atoms with van der Waals surface area (Å²) in [7, 11) is 0. The molecule has 0 fully saturated rings. The summed E-state index contributed by atoms with van der Waals surface area (Å²) in [6.07, 6.45) is 1.57. The normalized spacial score (nSPS) is 11.4. The number of hydrogen-bond acceptors (Lipinski definition) is 6. The van der Waals surface area contributed by atoms with Gasteiger partial charge in [0.1, 0.15) is 17.4 Å². The molecular formula is C29H18N4O3. The lowest BCUT2D eigenvalue weighted by Gasteiger charge is -2.10. The molecule has 36 heavy (non-hydrogen) atoms. The van der Waals surface area contributed by atoms with E-state index in [4.69, 9.17) is 19.4 Å². The van der Waals surface area contributed by atoms with Gasteiger partial charge in [-0.2, -0.15) is 15.0 Å². The van der Waals surface area contributed by atoms with E-state index in [1.54, 1.807) is 30.5 Å². The van der Waals surface area contributed by atoms with Crippen molar-refractivity contribution in [1.29, 1.82) is 5.26 Å². The average Bonchev–Trinajstić information content (AvgIpc) is 3.36. The van der Waals surface area contributed by atoms with Crippen molar-refractivity contribution in [1.82, 2.24) is 9.66 Å². The number of para-hydroxylation sites is 2. The Morgan fingerprint density at radius 3 is 2.53 bits per heavy atom. The van der Waals surface area contributed by atoms with Gasteiger partial charge >= 0.3 is 0 Å². The monoisotopic (exact) mass is 470 g/mol. The number of furan rings is 1. The van der Waals surface area contributed by atoms with Crippen molar-refractivity contribution < 1.29 is 9.15 Å². The van der Waals surface area contributed by atoms with Crippen LogP contribution in [0.3, 0.4) is 0 Å². The maximum Gasteiger partial charge on any atom is 0.282 e. The van der Waals surface area contributed by atoms with Gasteiger partial charge in [0.05, 0.1) is 17.1 Å². The quantitative estimate of drug-likeness (QED) is 0.299. The second kappa shape index (κ2) is 8.85. The molecule has 0 aliphatic carbocycles. The zero-order valence-corrected chi connectivity index (χ0v) is 19.0. The van der Waals surface area contributed by atoms with E-state index < -0.39 is 0 Å². The summed E-state index contributed by atoms with van der Waals surface area (Å²) < 4.78 is 13.0. The van der Waals surface area contributed by atoms with Crippen LogP contribution in [0.25, 0.3) is 44.2 Å². The number of benzene rings is 4. The first kappa shape index (κ1) is 21.3. The Labute approximate surface area is 205 Å². The molecule has 0 radical (unpaired) electrons. The molecule has 4 aromatic carbocycles. The lowest BCUT2D eigenvalue weighted by atomic mass is 10.0. The van der Waals surface area contributed by atoms with E-state index in [0.29, 0.717) is 33.6 Å². The Kier molecular flexibility index (Phi) is 5.24. The predicted molar refractivity (Wildman–Crippen MR) is 139 cm³/mol. The molecule has 0 unspecified atom stereocenters. The van der Waals surface area contributed by atoms with Gasteiger partial charge in [0, 0.05) is 10.9 Å². The van der Waals surface area contributed by atoms with E-state index in [1.807, 2.05) is 72.8 Å². The third kappa shape index (κ3) is 3.67. The predicted octanol–water partition coefficient (Wildman–Crippen LogP) is 5.75. The number of rotatable bonds is 5. The molecule has 0 spiro atoms. The molecule has 0 aliphatic rings. The van der Waals surface area contributed by atoms with Crippen molar-refractivity contribution >= 4 is 38.9 Å². The minimum atomic E-state index is -0.327. The Balaban J connectivity index is 1.59. The van der Waals surface area contributed by atoms with Gasteiger partial charge in [-0.3, -0.25) is 4.79 Å². The maximum atomic E-state index is 13.6. The number of hydrogen-bond donors (Lipinski definition) is 0. The van der Waals surface area contributed by atoms with Crippen LogP contribution in [0.1, 0.15) is 5.56 Å². The van der Waals surface area contributed by atoms with Crippen molar-refractivity contribution in [2.24, 2.45) is 5.10 Å². The molecule has 0 atom stereocenters. The number of nitriles is 1. The molecule has 0 N–H and O–H groups in total. The molecule has 172 valence electrons. The largest absolute Gasteiger partial charge is 0.478 e. The second-order valence-corrected chi connectivity index (χ2v) is 8.11. The van der Waals surface area contributed by atoms with Crippen LogP contribution < -0.4 is 10.3 Å². The van der Waals surface area contributed by atoms with Gasteiger partial charge < -0.3 is 9.15 Å². The van der Waals surface area contributed by atoms with Gasteiger partial charge in [-0.1, -0.05) is 60.7 Å². The number of nitrogens with zero attached hydrogens (tertiary/aromatic N) is 4. The highest BCUT2D eigenvalue weighted by Gasteiger charge is 2.17. The van der Waals surface area contributed by atoms with Crippen LogP contribution in [-0.4, -0.2) is 22.5 Å². The Hall–Kier alpha value is -5.22. The highest BCUT2D eigenvalue weighted by atomic mass is 16.5. The van der Waals surface area contributed by atoms with Crippen molar-refractivity contribution in [3.8, 4) is 23.4 Å². The first-order valence-corrected chi connectivity index (χ1v) is 11.3. The third-order valence-corrected chi connectivity index (χ3v) is 5.92. The van der Waals surface area contributed by atoms with E-state index in [-0.39, 0.29) is 18.0 Å². The van der Waals surface area contributed by atoms with Crippen LogP contribution in [0.4, 0.5) is 0 Å². The van der Waals surface area contributed by atoms with Gasteiger partial charge in [-0.15, -0.1) is 0 Å². The molecule has 0 saturated carbocycles. The van der Waals surface area contributed by atoms with Gasteiger partial charge in [0.25, 0.3) is 5.56 Å². The molecule has 2 aromatic heterocycles. The first-order chi connectivity index (χ1) is 17.7. The molecule has 7 heteroatoms. The minimum Gasteiger partial charge on any atom is -0.478 e. The summed E-state index contributed by atoms with van der Waals surface area (Å²) >= 11 is 0. The fraction of sp³-hybridized carbons (Fsp3) is 0.0345. The molecule has 0 aliphatic heterocycles. The van der Waals surface area contributed by atoms with Crippen LogP contribution in [0.2, 0.25) is 0 Å². The summed E-state index contributed by atoms with van der Waals surface area (Å²) in [4.78, 5) is 18.3. The van der Waals surface area contributed by atoms with Crippen LogP contribution in [0.5, 0.6) is 5.75 Å². The van der Waals surface area contributed by atoms with E-state index in [0.717, 1.165) is 16.2 Å². The molecule has 7 nitrogen and oxygen atoms in total.